The molecule has 0 N–H and O–H groups in total. The van der Waals surface area contributed by atoms with Crippen molar-refractivity contribution in [2.75, 3.05) is 14.2 Å². The van der Waals surface area contributed by atoms with E-state index in [0.29, 0.717) is 0 Å². The Morgan fingerprint density at radius 3 is 1.50 bits per heavy atom. The Bertz CT molecular complexity index is 282. The zero-order valence-electron chi connectivity index (χ0n) is 8.14. The molecule has 0 atom stereocenters. The molecule has 0 spiro atoms. The van der Waals surface area contributed by atoms with Crippen molar-refractivity contribution in [3.05, 3.63) is 23.3 Å². The number of methoxy groups -OCH3 is 2. The number of alkyl halides is 2. The van der Waals surface area contributed by atoms with Crippen LogP contribution in [-0.2, 0) is 10.7 Å². The van der Waals surface area contributed by atoms with Crippen molar-refractivity contribution in [2.24, 2.45) is 0 Å². The maximum Gasteiger partial charge on any atom is 0.165 e. The lowest BCUT2D eigenvalue weighted by molar-refractivity contribution is 0.350. The third kappa shape index (κ3) is 2.23. The van der Waals surface area contributed by atoms with Gasteiger partial charge in [-0.3, -0.25) is 0 Å². The second-order valence-corrected chi connectivity index (χ2v) is 3.84. The molecule has 0 heterocycles. The van der Waals surface area contributed by atoms with Gasteiger partial charge in [-0.15, -0.1) is 0 Å². The van der Waals surface area contributed by atoms with E-state index < -0.39 is 0 Å². The van der Waals surface area contributed by atoms with Gasteiger partial charge >= 0.3 is 0 Å². The molecule has 1 rings (SSSR count). The van der Waals surface area contributed by atoms with Crippen LogP contribution in [-0.4, -0.2) is 14.2 Å². The lowest BCUT2D eigenvalue weighted by Gasteiger charge is -2.14. The third-order valence-corrected chi connectivity index (χ3v) is 3.18. The predicted octanol–water partition coefficient (Wildman–Crippen LogP) is 3.49. The highest BCUT2D eigenvalue weighted by Gasteiger charge is 2.13. The second-order valence-electron chi connectivity index (χ2n) is 2.72. The van der Waals surface area contributed by atoms with Crippen molar-refractivity contribution in [3.8, 4) is 11.5 Å². The zero-order chi connectivity index (χ0) is 10.6. The fourth-order valence-electron chi connectivity index (χ4n) is 1.30. The molecule has 0 unspecified atom stereocenters. The maximum absolute atomic E-state index is 5.32. The van der Waals surface area contributed by atoms with Gasteiger partial charge < -0.3 is 9.47 Å². The van der Waals surface area contributed by atoms with Gasteiger partial charge in [-0.25, -0.2) is 0 Å². The van der Waals surface area contributed by atoms with E-state index in [9.17, 15) is 0 Å². The first kappa shape index (κ1) is 11.9. The van der Waals surface area contributed by atoms with Crippen molar-refractivity contribution in [1.82, 2.24) is 0 Å². The lowest BCUT2D eigenvalue weighted by Crippen LogP contribution is -1.97. The summed E-state index contributed by atoms with van der Waals surface area (Å²) in [5, 5.41) is 1.52. The van der Waals surface area contributed by atoms with Crippen LogP contribution < -0.4 is 9.47 Å². The summed E-state index contributed by atoms with van der Waals surface area (Å²) in [4.78, 5) is 0. The molecule has 0 aliphatic rings. The molecule has 0 bridgehead atoms. The minimum Gasteiger partial charge on any atom is -0.493 e. The highest BCUT2D eigenvalue weighted by atomic mass is 79.9. The molecule has 0 saturated heterocycles. The van der Waals surface area contributed by atoms with Gasteiger partial charge in [-0.2, -0.15) is 0 Å². The molecule has 4 heteroatoms. The molecule has 1 aromatic carbocycles. The summed E-state index contributed by atoms with van der Waals surface area (Å²) in [6.07, 6.45) is 0. The normalized spacial score (nSPS) is 10.0. The summed E-state index contributed by atoms with van der Waals surface area (Å²) in [5.41, 5.74) is 2.18. The number of rotatable bonds is 4. The van der Waals surface area contributed by atoms with E-state index in [1.807, 2.05) is 12.1 Å². The van der Waals surface area contributed by atoms with Crippen LogP contribution in [0.4, 0.5) is 0 Å². The highest BCUT2D eigenvalue weighted by molar-refractivity contribution is 9.08. The van der Waals surface area contributed by atoms with Gasteiger partial charge in [-0.05, 0) is 0 Å². The van der Waals surface area contributed by atoms with E-state index in [1.165, 1.54) is 0 Å². The SMILES string of the molecule is COc1c(CBr)ccc(CBr)c1OC. The van der Waals surface area contributed by atoms with Crippen LogP contribution in [0.15, 0.2) is 12.1 Å². The van der Waals surface area contributed by atoms with Crippen molar-refractivity contribution in [1.29, 1.82) is 0 Å². The molecule has 0 radical (unpaired) electrons. The van der Waals surface area contributed by atoms with Gasteiger partial charge in [0.25, 0.3) is 0 Å². The van der Waals surface area contributed by atoms with Crippen molar-refractivity contribution < 1.29 is 9.47 Å². The first-order valence-electron chi connectivity index (χ1n) is 4.13. The van der Waals surface area contributed by atoms with Gasteiger partial charge in [0, 0.05) is 21.8 Å². The topological polar surface area (TPSA) is 18.5 Å². The Morgan fingerprint density at radius 1 is 0.929 bits per heavy atom. The Labute approximate surface area is 101 Å². The quantitative estimate of drug-likeness (QED) is 0.790. The monoisotopic (exact) mass is 322 g/mol. The molecular formula is C10H12Br2O2. The van der Waals surface area contributed by atoms with Crippen LogP contribution in [0.2, 0.25) is 0 Å². The summed E-state index contributed by atoms with van der Waals surface area (Å²) in [5.74, 6) is 1.61. The van der Waals surface area contributed by atoms with Crippen LogP contribution in [0.25, 0.3) is 0 Å². The Balaban J connectivity index is 3.28. The number of hydrogen-bond donors (Lipinski definition) is 0. The van der Waals surface area contributed by atoms with Gasteiger partial charge in [0.1, 0.15) is 0 Å². The van der Waals surface area contributed by atoms with Crippen LogP contribution in [0.1, 0.15) is 11.1 Å². The number of ether oxygens (including phenoxy) is 2. The summed E-state index contributed by atoms with van der Waals surface area (Å²) < 4.78 is 10.6. The second kappa shape index (κ2) is 5.61. The van der Waals surface area contributed by atoms with Gasteiger partial charge in [0.05, 0.1) is 14.2 Å². The van der Waals surface area contributed by atoms with E-state index in [0.717, 1.165) is 33.3 Å². The van der Waals surface area contributed by atoms with Crippen molar-refractivity contribution in [3.63, 3.8) is 0 Å². The number of benzene rings is 1. The molecule has 0 saturated carbocycles. The Kier molecular flexibility index (Phi) is 4.75. The molecule has 78 valence electrons. The van der Waals surface area contributed by atoms with Crippen LogP contribution >= 0.6 is 31.9 Å². The van der Waals surface area contributed by atoms with Crippen LogP contribution in [0.3, 0.4) is 0 Å². The average Bonchev–Trinajstić information content (AvgIpc) is 2.26. The van der Waals surface area contributed by atoms with Crippen LogP contribution in [0, 0.1) is 0 Å². The minimum atomic E-state index is 0.759. The molecule has 0 aliphatic carbocycles. The summed E-state index contributed by atoms with van der Waals surface area (Å²) in [6.45, 7) is 0. The zero-order valence-corrected chi connectivity index (χ0v) is 11.3. The molecule has 0 amide bonds. The van der Waals surface area contributed by atoms with E-state index >= 15 is 0 Å². The fourth-order valence-corrected chi connectivity index (χ4v) is 2.19. The number of hydrogen-bond acceptors (Lipinski definition) is 2. The molecule has 0 aliphatic heterocycles. The molecule has 0 fully saturated rings. The van der Waals surface area contributed by atoms with Crippen LogP contribution in [0.5, 0.6) is 11.5 Å². The fraction of sp³-hybridized carbons (Fsp3) is 0.400. The van der Waals surface area contributed by atoms with E-state index in [1.54, 1.807) is 14.2 Å². The highest BCUT2D eigenvalue weighted by Crippen LogP contribution is 2.36. The predicted molar refractivity (Wildman–Crippen MR) is 64.8 cm³/mol. The van der Waals surface area contributed by atoms with Gasteiger partial charge in [0.2, 0.25) is 0 Å². The summed E-state index contributed by atoms with van der Waals surface area (Å²) in [7, 11) is 3.31. The third-order valence-electron chi connectivity index (χ3n) is 1.97. The Hall–Kier alpha value is -0.220. The smallest absolute Gasteiger partial charge is 0.165 e. The number of halogens is 2. The lowest BCUT2D eigenvalue weighted by atomic mass is 10.1. The summed E-state index contributed by atoms with van der Waals surface area (Å²) in [6, 6.07) is 4.07. The largest absolute Gasteiger partial charge is 0.493 e. The molecule has 2 nitrogen and oxygen atoms in total. The van der Waals surface area contributed by atoms with Gasteiger partial charge in [-0.1, -0.05) is 44.0 Å². The van der Waals surface area contributed by atoms with E-state index in [4.69, 9.17) is 9.47 Å². The maximum atomic E-state index is 5.32. The van der Waals surface area contributed by atoms with Crippen molar-refractivity contribution in [2.45, 2.75) is 10.7 Å². The van der Waals surface area contributed by atoms with E-state index in [-0.39, 0.29) is 0 Å². The average molecular weight is 324 g/mol. The Morgan fingerprint density at radius 2 is 1.29 bits per heavy atom. The minimum absolute atomic E-state index is 0.759. The first-order chi connectivity index (χ1) is 6.78. The standard InChI is InChI=1S/C10H12Br2O2/c1-13-9-7(5-11)3-4-8(6-12)10(9)14-2/h3-4H,5-6H2,1-2H3. The summed E-state index contributed by atoms with van der Waals surface area (Å²) >= 11 is 6.82. The first-order valence-corrected chi connectivity index (χ1v) is 6.37. The van der Waals surface area contributed by atoms with Gasteiger partial charge in [0.15, 0.2) is 11.5 Å². The molecular weight excluding hydrogens is 312 g/mol. The molecule has 14 heavy (non-hydrogen) atoms. The van der Waals surface area contributed by atoms with Crippen molar-refractivity contribution >= 4 is 31.9 Å². The molecule has 1 aromatic rings. The molecule has 0 aromatic heterocycles. The van der Waals surface area contributed by atoms with E-state index in [2.05, 4.69) is 31.9 Å².